The van der Waals surface area contributed by atoms with Gasteiger partial charge in [0.15, 0.2) is 0 Å². The average Bonchev–Trinajstić information content (AvgIpc) is 3.08. The molecule has 2 aromatic heterocycles. The Morgan fingerprint density at radius 1 is 1.10 bits per heavy atom. The van der Waals surface area contributed by atoms with Gasteiger partial charge in [0.2, 0.25) is 5.58 Å². The molecule has 0 fully saturated rings. The number of fused-ring (bicyclic) bond motifs is 1. The molecule has 4 aromatic rings. The van der Waals surface area contributed by atoms with Gasteiger partial charge in [-0.25, -0.2) is 4.68 Å². The summed E-state index contributed by atoms with van der Waals surface area (Å²) in [5.74, 6) is 0. The van der Waals surface area contributed by atoms with Crippen LogP contribution in [0.2, 0.25) is 0 Å². The van der Waals surface area contributed by atoms with Crippen molar-refractivity contribution in [3.63, 3.8) is 0 Å². The zero-order chi connectivity index (χ0) is 21.6. The molecule has 6 nitrogen and oxygen atoms in total. The van der Waals surface area contributed by atoms with E-state index in [1.54, 1.807) is 19.1 Å². The fourth-order valence-corrected chi connectivity index (χ4v) is 3.27. The number of benzene rings is 2. The van der Waals surface area contributed by atoms with Crippen molar-refractivity contribution in [2.75, 3.05) is 5.73 Å². The summed E-state index contributed by atoms with van der Waals surface area (Å²) in [5.41, 5.74) is 8.33. The highest BCUT2D eigenvalue weighted by Gasteiger charge is 2.30. The molecule has 2 N–H and O–H groups in total. The molecule has 0 radical (unpaired) electrons. The second-order valence-corrected chi connectivity index (χ2v) is 7.05. The fourth-order valence-electron chi connectivity index (χ4n) is 3.27. The van der Waals surface area contributed by atoms with E-state index in [0.29, 0.717) is 28.2 Å². The Hall–Kier alpha value is -3.62. The molecule has 154 valence electrons. The van der Waals surface area contributed by atoms with Crippen molar-refractivity contribution in [1.29, 1.82) is 0 Å². The zero-order valence-electron chi connectivity index (χ0n) is 16.1. The lowest BCUT2D eigenvalue weighted by Gasteiger charge is -2.11. The van der Waals surface area contributed by atoms with E-state index in [2.05, 4.69) is 10.3 Å². The molecule has 0 bridgehead atoms. The largest absolute Gasteiger partial charge is 0.416 e. The molecular formula is C21H17F3N4O2. The Morgan fingerprint density at radius 3 is 2.47 bits per heavy atom. The zero-order valence-corrected chi connectivity index (χ0v) is 16.1. The van der Waals surface area contributed by atoms with Gasteiger partial charge in [-0.05, 0) is 49.2 Å². The van der Waals surface area contributed by atoms with Gasteiger partial charge in [0.1, 0.15) is 11.1 Å². The van der Waals surface area contributed by atoms with Crippen LogP contribution in [0.4, 0.5) is 18.9 Å². The second kappa shape index (κ2) is 7.01. The average molecular weight is 414 g/mol. The molecule has 0 aliphatic carbocycles. The van der Waals surface area contributed by atoms with Crippen LogP contribution < -0.4 is 11.3 Å². The van der Waals surface area contributed by atoms with Crippen LogP contribution in [0.15, 0.2) is 51.8 Å². The van der Waals surface area contributed by atoms with E-state index in [9.17, 15) is 18.0 Å². The first-order valence-corrected chi connectivity index (χ1v) is 9.05. The molecule has 2 heterocycles. The minimum atomic E-state index is -4.43. The molecule has 0 atom stereocenters. The standard InChI is InChI=1S/C21H17F3N4O2/c1-11-3-8-15(25)9-16(11)18-19-17(12(2)27-30-19)20(29)28(26-18)10-13-4-6-14(7-5-13)21(22,23)24/h3-9H,10,25H2,1-2H3. The number of alkyl halides is 3. The number of nitrogens with two attached hydrogens (primary N) is 1. The van der Waals surface area contributed by atoms with E-state index in [-0.39, 0.29) is 17.5 Å². The maximum atomic E-state index is 13.0. The van der Waals surface area contributed by atoms with Gasteiger partial charge in [-0.1, -0.05) is 23.4 Å². The maximum Gasteiger partial charge on any atom is 0.416 e. The van der Waals surface area contributed by atoms with E-state index >= 15 is 0 Å². The molecule has 0 aliphatic heterocycles. The molecular weight excluding hydrogens is 397 g/mol. The summed E-state index contributed by atoms with van der Waals surface area (Å²) in [6.45, 7) is 3.51. The normalized spacial score (nSPS) is 11.9. The lowest BCUT2D eigenvalue weighted by Crippen LogP contribution is -2.24. The van der Waals surface area contributed by atoms with Crippen LogP contribution in [0.1, 0.15) is 22.4 Å². The summed E-state index contributed by atoms with van der Waals surface area (Å²) in [4.78, 5) is 13.0. The summed E-state index contributed by atoms with van der Waals surface area (Å²) in [5, 5.41) is 8.61. The number of rotatable bonds is 3. The molecule has 0 unspecified atom stereocenters. The number of anilines is 1. The first-order valence-electron chi connectivity index (χ1n) is 9.05. The summed E-state index contributed by atoms with van der Waals surface area (Å²) < 4.78 is 45.0. The number of aryl methyl sites for hydroxylation is 2. The molecule has 4 rings (SSSR count). The topological polar surface area (TPSA) is 86.9 Å². The van der Waals surface area contributed by atoms with Gasteiger partial charge < -0.3 is 10.3 Å². The maximum absolute atomic E-state index is 13.0. The molecule has 9 heteroatoms. The van der Waals surface area contributed by atoms with Gasteiger partial charge in [0.05, 0.1) is 17.8 Å². The smallest absolute Gasteiger partial charge is 0.399 e. The molecule has 30 heavy (non-hydrogen) atoms. The Kier molecular flexibility index (Phi) is 4.60. The number of nitrogens with zero attached hydrogens (tertiary/aromatic N) is 3. The molecule has 0 amide bonds. The third-order valence-electron chi connectivity index (χ3n) is 4.88. The van der Waals surface area contributed by atoms with E-state index < -0.39 is 17.3 Å². The van der Waals surface area contributed by atoms with Crippen LogP contribution in [0, 0.1) is 13.8 Å². The highest BCUT2D eigenvalue weighted by molar-refractivity contribution is 5.91. The predicted molar refractivity (Wildman–Crippen MR) is 106 cm³/mol. The Balaban J connectivity index is 1.87. The Morgan fingerprint density at radius 2 is 1.80 bits per heavy atom. The highest BCUT2D eigenvalue weighted by Crippen LogP contribution is 2.31. The fraction of sp³-hybridized carbons (Fsp3) is 0.190. The third-order valence-corrected chi connectivity index (χ3v) is 4.88. The summed E-state index contributed by atoms with van der Waals surface area (Å²) in [6.07, 6.45) is -4.43. The Bertz CT molecular complexity index is 1310. The number of hydrogen-bond donors (Lipinski definition) is 1. The molecule has 2 aromatic carbocycles. The van der Waals surface area contributed by atoms with Crippen LogP contribution >= 0.6 is 0 Å². The lowest BCUT2D eigenvalue weighted by atomic mass is 10.0. The van der Waals surface area contributed by atoms with Crippen molar-refractivity contribution in [3.8, 4) is 11.3 Å². The third kappa shape index (κ3) is 3.42. The molecule has 0 spiro atoms. The summed E-state index contributed by atoms with van der Waals surface area (Å²) in [6, 6.07) is 9.91. The molecule has 0 saturated carbocycles. The first kappa shape index (κ1) is 19.7. The van der Waals surface area contributed by atoms with Gasteiger partial charge in [0.25, 0.3) is 5.56 Å². The van der Waals surface area contributed by atoms with Crippen molar-refractivity contribution in [2.45, 2.75) is 26.6 Å². The van der Waals surface area contributed by atoms with Gasteiger partial charge in [-0.3, -0.25) is 4.79 Å². The van der Waals surface area contributed by atoms with Crippen molar-refractivity contribution in [3.05, 3.63) is 75.2 Å². The highest BCUT2D eigenvalue weighted by atomic mass is 19.4. The van der Waals surface area contributed by atoms with Crippen LogP contribution in [0.25, 0.3) is 22.2 Å². The van der Waals surface area contributed by atoms with E-state index in [1.165, 1.54) is 16.8 Å². The van der Waals surface area contributed by atoms with Gasteiger partial charge in [0, 0.05) is 11.3 Å². The number of halogens is 3. The lowest BCUT2D eigenvalue weighted by molar-refractivity contribution is -0.137. The number of aromatic nitrogens is 3. The monoisotopic (exact) mass is 414 g/mol. The first-order chi connectivity index (χ1) is 14.1. The summed E-state index contributed by atoms with van der Waals surface area (Å²) in [7, 11) is 0. The van der Waals surface area contributed by atoms with E-state index in [4.69, 9.17) is 10.3 Å². The SMILES string of the molecule is Cc1ccc(N)cc1-c1nn(Cc2ccc(C(F)(F)F)cc2)c(=O)c2c(C)noc12. The van der Waals surface area contributed by atoms with Crippen LogP contribution in [0.5, 0.6) is 0 Å². The quantitative estimate of drug-likeness (QED) is 0.505. The Labute approximate surface area is 168 Å². The van der Waals surface area contributed by atoms with Crippen LogP contribution in [-0.2, 0) is 12.7 Å². The van der Waals surface area contributed by atoms with Crippen LogP contribution in [-0.4, -0.2) is 14.9 Å². The van der Waals surface area contributed by atoms with Gasteiger partial charge in [-0.15, -0.1) is 0 Å². The minimum absolute atomic E-state index is 0.00804. The number of hydrogen-bond acceptors (Lipinski definition) is 5. The predicted octanol–water partition coefficient (Wildman–Crippen LogP) is 4.32. The molecule has 0 aliphatic rings. The van der Waals surface area contributed by atoms with E-state index in [0.717, 1.165) is 17.7 Å². The van der Waals surface area contributed by atoms with Gasteiger partial charge >= 0.3 is 6.18 Å². The van der Waals surface area contributed by atoms with Crippen molar-refractivity contribution < 1.29 is 17.7 Å². The minimum Gasteiger partial charge on any atom is -0.399 e. The van der Waals surface area contributed by atoms with Crippen molar-refractivity contribution in [2.24, 2.45) is 0 Å². The second-order valence-electron chi connectivity index (χ2n) is 7.05. The van der Waals surface area contributed by atoms with Crippen molar-refractivity contribution >= 4 is 16.7 Å². The summed E-state index contributed by atoms with van der Waals surface area (Å²) >= 11 is 0. The number of nitrogen functional groups attached to an aromatic ring is 1. The van der Waals surface area contributed by atoms with Crippen molar-refractivity contribution in [1.82, 2.24) is 14.9 Å². The van der Waals surface area contributed by atoms with E-state index in [1.807, 2.05) is 13.0 Å². The van der Waals surface area contributed by atoms with Gasteiger partial charge in [-0.2, -0.15) is 18.3 Å². The van der Waals surface area contributed by atoms with Crippen LogP contribution in [0.3, 0.4) is 0 Å². The molecule has 0 saturated heterocycles.